The fraction of sp³-hybridized carbons (Fsp3) is 0.600. The van der Waals surface area contributed by atoms with Crippen LogP contribution in [0.5, 0.6) is 0 Å². The molecule has 0 atom stereocenters. The van der Waals surface area contributed by atoms with Crippen LogP contribution in [0.3, 0.4) is 0 Å². The molecule has 0 unspecified atom stereocenters. The van der Waals surface area contributed by atoms with E-state index in [0.717, 1.165) is 12.8 Å². The van der Waals surface area contributed by atoms with Gasteiger partial charge in [0.1, 0.15) is 0 Å². The van der Waals surface area contributed by atoms with Crippen LogP contribution in [0.2, 0.25) is 0 Å². The number of thiophene rings is 1. The van der Waals surface area contributed by atoms with Crippen LogP contribution in [0.1, 0.15) is 31.6 Å². The summed E-state index contributed by atoms with van der Waals surface area (Å²) in [5.74, 6) is 0. The lowest BCUT2D eigenvalue weighted by molar-refractivity contribution is 0.186. The molecule has 0 saturated carbocycles. The summed E-state index contributed by atoms with van der Waals surface area (Å²) in [6, 6.07) is 4.17. The largest absolute Gasteiger partial charge is 0.395 e. The number of rotatable bonds is 4. The van der Waals surface area contributed by atoms with Crippen molar-refractivity contribution in [3.8, 4) is 0 Å². The van der Waals surface area contributed by atoms with Gasteiger partial charge >= 0.3 is 0 Å². The lowest BCUT2D eigenvalue weighted by Gasteiger charge is -2.27. The van der Waals surface area contributed by atoms with E-state index in [0.29, 0.717) is 0 Å². The molecule has 1 nitrogen and oxygen atoms in total. The van der Waals surface area contributed by atoms with Crippen molar-refractivity contribution >= 4 is 11.3 Å². The second-order valence-electron chi connectivity index (χ2n) is 3.12. The molecule has 0 saturated heterocycles. The van der Waals surface area contributed by atoms with Crippen LogP contribution in [0.25, 0.3) is 0 Å². The average molecular weight is 184 g/mol. The van der Waals surface area contributed by atoms with Crippen molar-refractivity contribution in [3.63, 3.8) is 0 Å². The predicted octanol–water partition coefficient (Wildman–Crippen LogP) is 2.80. The van der Waals surface area contributed by atoms with Crippen LogP contribution in [0.4, 0.5) is 0 Å². The number of aliphatic hydroxyl groups is 1. The molecule has 68 valence electrons. The van der Waals surface area contributed by atoms with E-state index in [9.17, 15) is 5.11 Å². The van der Waals surface area contributed by atoms with Crippen molar-refractivity contribution < 1.29 is 5.11 Å². The Kier molecular flexibility index (Phi) is 3.29. The Hall–Kier alpha value is -0.340. The molecule has 1 aromatic rings. The fourth-order valence-corrected chi connectivity index (χ4v) is 2.54. The molecule has 0 fully saturated rings. The normalized spacial score (nSPS) is 11.9. The molecule has 2 heteroatoms. The first-order chi connectivity index (χ1) is 5.79. The SMILES string of the molecule is CCC(CC)(CO)c1cccs1. The van der Waals surface area contributed by atoms with Crippen molar-refractivity contribution in [1.82, 2.24) is 0 Å². The van der Waals surface area contributed by atoms with E-state index >= 15 is 0 Å². The minimum absolute atomic E-state index is 0.0220. The third kappa shape index (κ3) is 1.54. The summed E-state index contributed by atoms with van der Waals surface area (Å²) in [6.07, 6.45) is 2.03. The molecule has 0 aliphatic rings. The quantitative estimate of drug-likeness (QED) is 0.763. The zero-order valence-electron chi connectivity index (χ0n) is 7.71. The zero-order valence-corrected chi connectivity index (χ0v) is 8.53. The highest BCUT2D eigenvalue weighted by Crippen LogP contribution is 2.33. The van der Waals surface area contributed by atoms with Crippen molar-refractivity contribution in [2.24, 2.45) is 0 Å². The van der Waals surface area contributed by atoms with Crippen molar-refractivity contribution in [3.05, 3.63) is 22.4 Å². The second-order valence-corrected chi connectivity index (χ2v) is 4.07. The maximum absolute atomic E-state index is 9.36. The minimum atomic E-state index is 0.0220. The molecule has 0 radical (unpaired) electrons. The molecular weight excluding hydrogens is 168 g/mol. The van der Waals surface area contributed by atoms with Gasteiger partial charge in [0.05, 0.1) is 6.61 Å². The molecular formula is C10H16OS. The van der Waals surface area contributed by atoms with Crippen LogP contribution < -0.4 is 0 Å². The van der Waals surface area contributed by atoms with Crippen molar-refractivity contribution in [1.29, 1.82) is 0 Å². The summed E-state index contributed by atoms with van der Waals surface area (Å²) < 4.78 is 0. The van der Waals surface area contributed by atoms with Gasteiger partial charge in [0.2, 0.25) is 0 Å². The first-order valence-electron chi connectivity index (χ1n) is 4.44. The fourth-order valence-electron chi connectivity index (χ4n) is 1.48. The van der Waals surface area contributed by atoms with Gasteiger partial charge in [-0.2, -0.15) is 0 Å². The van der Waals surface area contributed by atoms with Gasteiger partial charge in [-0.05, 0) is 24.3 Å². The van der Waals surface area contributed by atoms with E-state index in [4.69, 9.17) is 0 Å². The Morgan fingerprint density at radius 1 is 1.42 bits per heavy atom. The van der Waals surface area contributed by atoms with E-state index in [-0.39, 0.29) is 12.0 Å². The smallest absolute Gasteiger partial charge is 0.0535 e. The first kappa shape index (κ1) is 9.75. The Balaban J connectivity index is 2.93. The highest BCUT2D eigenvalue weighted by Gasteiger charge is 2.28. The minimum Gasteiger partial charge on any atom is -0.395 e. The van der Waals surface area contributed by atoms with Crippen molar-refractivity contribution in [2.45, 2.75) is 32.1 Å². The lowest BCUT2D eigenvalue weighted by Crippen LogP contribution is -2.27. The van der Waals surface area contributed by atoms with Crippen LogP contribution in [0, 0.1) is 0 Å². The molecule has 1 heterocycles. The van der Waals surface area contributed by atoms with E-state index in [1.165, 1.54) is 4.88 Å². The molecule has 0 amide bonds. The Morgan fingerprint density at radius 3 is 2.42 bits per heavy atom. The van der Waals surface area contributed by atoms with Gasteiger partial charge in [-0.25, -0.2) is 0 Å². The molecule has 0 bridgehead atoms. The highest BCUT2D eigenvalue weighted by molar-refractivity contribution is 7.10. The van der Waals surface area contributed by atoms with Crippen LogP contribution in [-0.2, 0) is 5.41 Å². The lowest BCUT2D eigenvalue weighted by atomic mass is 9.82. The molecule has 1 aromatic heterocycles. The average Bonchev–Trinajstić information content (AvgIpc) is 2.62. The summed E-state index contributed by atoms with van der Waals surface area (Å²) in [5, 5.41) is 11.4. The summed E-state index contributed by atoms with van der Waals surface area (Å²) in [6.45, 7) is 4.54. The Morgan fingerprint density at radius 2 is 2.08 bits per heavy atom. The summed E-state index contributed by atoms with van der Waals surface area (Å²) in [5.41, 5.74) is 0.0220. The van der Waals surface area contributed by atoms with Crippen LogP contribution in [-0.4, -0.2) is 11.7 Å². The maximum Gasteiger partial charge on any atom is 0.0535 e. The number of hydrogen-bond donors (Lipinski definition) is 1. The van der Waals surface area contributed by atoms with Gasteiger partial charge < -0.3 is 5.11 Å². The summed E-state index contributed by atoms with van der Waals surface area (Å²) in [4.78, 5) is 1.31. The topological polar surface area (TPSA) is 20.2 Å². The molecule has 0 aliphatic heterocycles. The maximum atomic E-state index is 9.36. The summed E-state index contributed by atoms with van der Waals surface area (Å²) >= 11 is 1.74. The third-order valence-corrected chi connectivity index (χ3v) is 3.82. The van der Waals surface area contributed by atoms with Crippen molar-refractivity contribution in [2.75, 3.05) is 6.61 Å². The Labute approximate surface area is 78.1 Å². The molecule has 12 heavy (non-hydrogen) atoms. The highest BCUT2D eigenvalue weighted by atomic mass is 32.1. The predicted molar refractivity (Wildman–Crippen MR) is 53.7 cm³/mol. The van der Waals surface area contributed by atoms with Gasteiger partial charge in [-0.1, -0.05) is 19.9 Å². The van der Waals surface area contributed by atoms with Gasteiger partial charge in [-0.3, -0.25) is 0 Å². The third-order valence-electron chi connectivity index (χ3n) is 2.70. The van der Waals surface area contributed by atoms with Gasteiger partial charge in [0, 0.05) is 10.3 Å². The van der Waals surface area contributed by atoms with Gasteiger partial charge in [0.15, 0.2) is 0 Å². The van der Waals surface area contributed by atoms with Crippen LogP contribution in [0.15, 0.2) is 17.5 Å². The van der Waals surface area contributed by atoms with Gasteiger partial charge in [0.25, 0.3) is 0 Å². The molecule has 0 spiro atoms. The summed E-state index contributed by atoms with van der Waals surface area (Å²) in [7, 11) is 0. The van der Waals surface area contributed by atoms with Crippen LogP contribution >= 0.6 is 11.3 Å². The molecule has 1 rings (SSSR count). The van der Waals surface area contributed by atoms with Gasteiger partial charge in [-0.15, -0.1) is 11.3 Å². The molecule has 1 N–H and O–H groups in total. The molecule has 0 aromatic carbocycles. The molecule has 0 aliphatic carbocycles. The second kappa shape index (κ2) is 4.06. The number of hydrogen-bond acceptors (Lipinski definition) is 2. The first-order valence-corrected chi connectivity index (χ1v) is 5.32. The zero-order chi connectivity index (χ0) is 9.03. The van der Waals surface area contributed by atoms with E-state index < -0.39 is 0 Å². The van der Waals surface area contributed by atoms with E-state index in [1.807, 2.05) is 0 Å². The van der Waals surface area contributed by atoms with E-state index in [1.54, 1.807) is 11.3 Å². The Bertz CT molecular complexity index is 203. The van der Waals surface area contributed by atoms with E-state index in [2.05, 4.69) is 31.4 Å². The monoisotopic (exact) mass is 184 g/mol. The number of aliphatic hydroxyl groups excluding tert-OH is 1. The standard InChI is InChI=1S/C10H16OS/c1-3-10(4-2,8-11)9-6-5-7-12-9/h5-7,11H,3-4,8H2,1-2H3.